The monoisotopic (exact) mass is 1080 g/mol. The molecule has 6 N–H and O–H groups in total. The molecule has 3 aromatic rings. The summed E-state index contributed by atoms with van der Waals surface area (Å²) in [6.07, 6.45) is 5.26. The summed E-state index contributed by atoms with van der Waals surface area (Å²) in [5.41, 5.74) is 9.24. The lowest BCUT2D eigenvalue weighted by molar-refractivity contribution is -0.142. The van der Waals surface area contributed by atoms with Crippen LogP contribution in [0.5, 0.6) is 0 Å². The van der Waals surface area contributed by atoms with Gasteiger partial charge in [0.1, 0.15) is 17.7 Å². The van der Waals surface area contributed by atoms with E-state index in [1.165, 1.54) is 18.3 Å². The Morgan fingerprint density at radius 1 is 1.04 bits per heavy atom. The number of methoxy groups -OCH3 is 1. The molecule has 0 spiro atoms. The van der Waals surface area contributed by atoms with Crippen molar-refractivity contribution in [2.75, 3.05) is 97.5 Å². The molecule has 2 bridgehead atoms. The molecular weight excluding hydrogens is 1000 g/mol. The van der Waals surface area contributed by atoms with Crippen molar-refractivity contribution in [3.05, 3.63) is 88.9 Å². The number of ether oxygens (including phenoxy) is 3. The van der Waals surface area contributed by atoms with Gasteiger partial charge in [-0.05, 0) is 92.9 Å². The number of carbonyl (C=O) groups is 5. The van der Waals surface area contributed by atoms with Crippen LogP contribution in [0, 0.1) is 17.2 Å². The van der Waals surface area contributed by atoms with Gasteiger partial charge < -0.3 is 55.9 Å². The highest BCUT2D eigenvalue weighted by Crippen LogP contribution is 2.45. The SMILES string of the molecule is CC[C@H](NC(=O)[C@H]1C[C@@H](NCCOCCOCCC(=O)NCCN2N=C3CN(C)C(=O)c4ccc(F)cc4[C@H]4CCCN4c4cc(cnc4N)C3(C)C2OC)CN1C(=O)C(C=NC(=O)[C@@H](C)NC)C(C)(C)C)c1ccccc1. The second-order valence-electron chi connectivity index (χ2n) is 21.9. The molecule has 78 heavy (non-hydrogen) atoms. The van der Waals surface area contributed by atoms with E-state index in [2.05, 4.69) is 36.1 Å². The van der Waals surface area contributed by atoms with E-state index in [9.17, 15) is 28.4 Å². The first kappa shape index (κ1) is 59.3. The number of nitrogen functional groups attached to an aromatic ring is 1. The summed E-state index contributed by atoms with van der Waals surface area (Å²) in [5, 5.41) is 19.3. The predicted molar refractivity (Wildman–Crippen MR) is 297 cm³/mol. The van der Waals surface area contributed by atoms with Crippen molar-refractivity contribution in [3.8, 4) is 0 Å². The molecule has 424 valence electrons. The molecule has 0 saturated carbocycles. The lowest BCUT2D eigenvalue weighted by Gasteiger charge is -2.37. The molecule has 0 aliphatic carbocycles. The molecule has 0 radical (unpaired) electrons. The number of halogens is 1. The van der Waals surface area contributed by atoms with E-state index in [0.717, 1.165) is 24.0 Å². The Labute approximate surface area is 458 Å². The number of nitrogens with zero attached hydrogens (tertiary/aromatic N) is 7. The highest BCUT2D eigenvalue weighted by atomic mass is 19.1. The fourth-order valence-electron chi connectivity index (χ4n) is 10.9. The fraction of sp³-hybridized carbons (Fsp3) is 0.579. The minimum atomic E-state index is -0.878. The second kappa shape index (κ2) is 26.5. The molecule has 20 nitrogen and oxygen atoms in total. The van der Waals surface area contributed by atoms with Crippen LogP contribution in [-0.2, 0) is 38.8 Å². The highest BCUT2D eigenvalue weighted by Gasteiger charge is 2.51. The minimum absolute atomic E-state index is 0.125. The average Bonchev–Trinajstić information content (AvgIpc) is 4.26. The van der Waals surface area contributed by atoms with Crippen molar-refractivity contribution < 1.29 is 42.6 Å². The molecule has 2 aromatic carbocycles. The van der Waals surface area contributed by atoms with E-state index in [1.54, 1.807) is 55.2 Å². The molecule has 21 heteroatoms. The molecule has 4 aliphatic heterocycles. The maximum atomic E-state index is 14.8. The number of hydrazone groups is 1. The Morgan fingerprint density at radius 3 is 2.49 bits per heavy atom. The normalized spacial score (nSPS) is 22.5. The van der Waals surface area contributed by atoms with Crippen molar-refractivity contribution in [2.45, 2.75) is 115 Å². The van der Waals surface area contributed by atoms with Crippen molar-refractivity contribution in [3.63, 3.8) is 0 Å². The van der Waals surface area contributed by atoms with Crippen molar-refractivity contribution in [1.29, 1.82) is 0 Å². The number of aliphatic imine (C=N–C) groups is 1. The number of amides is 5. The zero-order valence-electron chi connectivity index (χ0n) is 46.9. The number of hydrogen-bond donors (Lipinski definition) is 5. The number of likely N-dealkylation sites (tertiary alicyclic amines) is 1. The Balaban J connectivity index is 0.881. The zero-order valence-corrected chi connectivity index (χ0v) is 46.9. The fourth-order valence-corrected chi connectivity index (χ4v) is 10.9. The number of anilines is 2. The summed E-state index contributed by atoms with van der Waals surface area (Å²) in [4.78, 5) is 82.5. The van der Waals surface area contributed by atoms with Crippen molar-refractivity contribution in [2.24, 2.45) is 21.4 Å². The van der Waals surface area contributed by atoms with Gasteiger partial charge in [0.2, 0.25) is 17.7 Å². The van der Waals surface area contributed by atoms with Crippen LogP contribution < -0.4 is 31.9 Å². The number of aromatic nitrogens is 1. The Morgan fingerprint density at radius 2 is 1.78 bits per heavy atom. The van der Waals surface area contributed by atoms with E-state index >= 15 is 0 Å². The third kappa shape index (κ3) is 13.7. The van der Waals surface area contributed by atoms with Crippen LogP contribution in [0.1, 0.15) is 113 Å². The van der Waals surface area contributed by atoms with Crippen LogP contribution in [0.3, 0.4) is 0 Å². The topological polar surface area (TPSA) is 238 Å². The number of pyridine rings is 1. The third-order valence-electron chi connectivity index (χ3n) is 15.6. The number of carbonyl (C=O) groups excluding carboxylic acids is 5. The number of hydrogen-bond acceptors (Lipinski definition) is 15. The Hall–Kier alpha value is -6.39. The van der Waals surface area contributed by atoms with Gasteiger partial charge in [0.05, 0.1) is 80.4 Å². The summed E-state index contributed by atoms with van der Waals surface area (Å²) >= 11 is 0. The molecular formula is C57H81FN12O8. The van der Waals surface area contributed by atoms with Crippen LogP contribution >= 0.6 is 0 Å². The van der Waals surface area contributed by atoms with E-state index in [1.807, 2.05) is 71.0 Å². The Kier molecular flexibility index (Phi) is 20.1. The molecule has 1 aromatic heterocycles. The molecule has 4 aliphatic rings. The molecule has 2 saturated heterocycles. The third-order valence-corrected chi connectivity index (χ3v) is 15.6. The van der Waals surface area contributed by atoms with E-state index < -0.39 is 40.9 Å². The number of fused-ring (bicyclic) bond motifs is 8. The molecule has 5 heterocycles. The van der Waals surface area contributed by atoms with Crippen LogP contribution in [0.4, 0.5) is 15.9 Å². The lowest BCUT2D eigenvalue weighted by Crippen LogP contribution is -2.50. The maximum absolute atomic E-state index is 14.8. The zero-order chi connectivity index (χ0) is 56.3. The number of benzene rings is 2. The molecule has 2 fully saturated rings. The van der Waals surface area contributed by atoms with Crippen molar-refractivity contribution >= 4 is 53.0 Å². The molecule has 8 atom stereocenters. The number of nitrogens with one attached hydrogen (secondary N) is 4. The van der Waals surface area contributed by atoms with Crippen LogP contribution in [0.2, 0.25) is 0 Å². The van der Waals surface area contributed by atoms with Gasteiger partial charge in [-0.25, -0.2) is 14.4 Å². The van der Waals surface area contributed by atoms with Crippen molar-refractivity contribution in [1.82, 2.24) is 41.1 Å². The summed E-state index contributed by atoms with van der Waals surface area (Å²) in [7, 11) is 4.99. The Bertz CT molecular complexity index is 2650. The van der Waals surface area contributed by atoms with Gasteiger partial charge in [0, 0.05) is 70.8 Å². The average molecular weight is 1080 g/mol. The lowest BCUT2D eigenvalue weighted by atomic mass is 9.77. The maximum Gasteiger partial charge on any atom is 0.262 e. The quantitative estimate of drug-likeness (QED) is 0.0695. The standard InChI is InChI=1S/C57H81FN12O8/c1-10-44(37-15-12-11-13-16-37)65-52(73)47-31-40(34-69(47)54(75)43(56(3,4)5)33-64-51(72)36(2)60-7)61-22-26-78-28-27-77-25-20-49(71)62-21-24-70-55(76-9)57(6)38-29-46(50(59)63-32-38)68-23-14-17-45(68)42-30-39(58)18-19-41(42)53(74)67(8)35-48(57)66-70/h11-13,15-16,18-19,29-30,32-33,36,40,43-45,47,55,60-61H,10,14,17,20-28,31,34-35H2,1-9H3,(H2,59,63)(H,62,71)(H,65,73)/t36-,40-,43?,44+,45-,47-,55?,57?/m1/s1. The summed E-state index contributed by atoms with van der Waals surface area (Å²) in [6.45, 7) is 14.7. The largest absolute Gasteiger partial charge is 0.382 e. The van der Waals surface area contributed by atoms with E-state index in [-0.39, 0.29) is 86.9 Å². The number of likely N-dealkylation sites (N-methyl/N-ethyl adjacent to an activating group) is 1. The smallest absolute Gasteiger partial charge is 0.262 e. The first-order chi connectivity index (χ1) is 37.3. The van der Waals surface area contributed by atoms with Gasteiger partial charge in [-0.3, -0.25) is 29.0 Å². The van der Waals surface area contributed by atoms with Crippen LogP contribution in [0.25, 0.3) is 0 Å². The second-order valence-corrected chi connectivity index (χ2v) is 21.9. The van der Waals surface area contributed by atoms with Gasteiger partial charge in [-0.1, -0.05) is 58.0 Å². The first-order valence-electron chi connectivity index (χ1n) is 27.3. The van der Waals surface area contributed by atoms with Gasteiger partial charge in [-0.15, -0.1) is 0 Å². The van der Waals surface area contributed by atoms with Crippen LogP contribution in [0.15, 0.2) is 70.9 Å². The minimum Gasteiger partial charge on any atom is -0.382 e. The summed E-state index contributed by atoms with van der Waals surface area (Å²) < 4.78 is 32.6. The van der Waals surface area contributed by atoms with Crippen LogP contribution in [-0.4, -0.2) is 173 Å². The first-order valence-corrected chi connectivity index (χ1v) is 27.3. The van der Waals surface area contributed by atoms with Gasteiger partial charge >= 0.3 is 0 Å². The van der Waals surface area contributed by atoms with E-state index in [4.69, 9.17) is 25.0 Å². The number of nitrogens with two attached hydrogens (primary N) is 1. The highest BCUT2D eigenvalue weighted by molar-refractivity contribution is 6.04. The predicted octanol–water partition coefficient (Wildman–Crippen LogP) is 4.37. The summed E-state index contributed by atoms with van der Waals surface area (Å²) in [5.74, 6) is -2.20. The molecule has 3 unspecified atom stereocenters. The van der Waals surface area contributed by atoms with Gasteiger partial charge in [-0.2, -0.15) is 5.10 Å². The summed E-state index contributed by atoms with van der Waals surface area (Å²) in [6, 6.07) is 14.1. The molecule has 5 amide bonds. The van der Waals surface area contributed by atoms with Gasteiger partial charge in [0.25, 0.3) is 11.8 Å². The number of rotatable bonds is 22. The van der Waals surface area contributed by atoms with E-state index in [0.29, 0.717) is 74.0 Å². The van der Waals surface area contributed by atoms with Gasteiger partial charge in [0.15, 0.2) is 6.23 Å². The molecule has 7 rings (SSSR count).